The third kappa shape index (κ3) is 5.78. The average Bonchev–Trinajstić information content (AvgIpc) is 3.54. The first-order valence-electron chi connectivity index (χ1n) is 17.1. The van der Waals surface area contributed by atoms with Crippen molar-refractivity contribution in [2.75, 3.05) is 50.0 Å². The minimum atomic E-state index is -5.04. The number of pyridine rings is 1. The summed E-state index contributed by atoms with van der Waals surface area (Å²) in [4.78, 5) is 31.4. The Balaban J connectivity index is 1.45. The van der Waals surface area contributed by atoms with Crippen molar-refractivity contribution in [3.8, 4) is 17.3 Å². The molecule has 0 aliphatic carbocycles. The third-order valence-electron chi connectivity index (χ3n) is 10.8. The van der Waals surface area contributed by atoms with Crippen LogP contribution in [0.1, 0.15) is 62.6 Å². The molecule has 6 heterocycles. The van der Waals surface area contributed by atoms with Crippen molar-refractivity contribution in [3.05, 3.63) is 41.0 Å². The van der Waals surface area contributed by atoms with E-state index in [1.807, 2.05) is 16.7 Å². The van der Waals surface area contributed by atoms with E-state index in [-0.39, 0.29) is 91.5 Å². The number of carbonyl (C=O) groups is 1. The molecular formula is C35H39F6N7O3. The predicted molar refractivity (Wildman–Crippen MR) is 178 cm³/mol. The maximum Gasteiger partial charge on any atom is 0.418 e. The van der Waals surface area contributed by atoms with Crippen molar-refractivity contribution >= 4 is 34.2 Å². The molecule has 0 unspecified atom stereocenters. The Morgan fingerprint density at radius 1 is 1.12 bits per heavy atom. The molecule has 16 heteroatoms. The monoisotopic (exact) mass is 719 g/mol. The summed E-state index contributed by atoms with van der Waals surface area (Å²) in [5.74, 6) is -3.00. The van der Waals surface area contributed by atoms with Gasteiger partial charge < -0.3 is 25.0 Å². The number of ether oxygens (including phenoxy) is 2. The first-order chi connectivity index (χ1) is 24.2. The molecule has 10 nitrogen and oxygen atoms in total. The highest BCUT2D eigenvalue weighted by atomic mass is 19.4. The van der Waals surface area contributed by atoms with E-state index >= 15 is 8.78 Å². The largest absolute Gasteiger partial charge is 0.461 e. The lowest BCUT2D eigenvalue weighted by molar-refractivity contribution is -0.137. The van der Waals surface area contributed by atoms with Crippen LogP contribution >= 0.6 is 0 Å². The van der Waals surface area contributed by atoms with E-state index in [0.29, 0.717) is 19.4 Å². The number of nitrogens with two attached hydrogens (primary N) is 1. The Hall–Kier alpha value is -4.34. The standard InChI is InChI=1S/C35H39F6N7O3/c1-5-20-14-47-21(15-48(20)33(49)50-6-2)10-17(3)23-24-30(28(38)25(27(23)37)29-26(35(39,40)41)18(4)11-22(42)43-29)44-32(45-31(24)47)51-16-34-8-7-9-46(34)13-19(36)12-34/h11,19-21H,3,5-10,12-16H2,1-2,4H3,(H2,42,43)/t19-,20-,21-,34+/m1/s1. The van der Waals surface area contributed by atoms with E-state index in [9.17, 15) is 22.4 Å². The van der Waals surface area contributed by atoms with Crippen LogP contribution < -0.4 is 15.4 Å². The molecule has 0 saturated carbocycles. The van der Waals surface area contributed by atoms with E-state index < -0.39 is 64.0 Å². The molecule has 3 fully saturated rings. The van der Waals surface area contributed by atoms with Gasteiger partial charge in [0.1, 0.15) is 35.7 Å². The highest BCUT2D eigenvalue weighted by molar-refractivity contribution is 6.04. The number of aromatic nitrogens is 3. The summed E-state index contributed by atoms with van der Waals surface area (Å²) in [5, 5.41) is -0.0902. The van der Waals surface area contributed by atoms with Crippen LogP contribution in [-0.2, 0) is 10.9 Å². The van der Waals surface area contributed by atoms with Crippen molar-refractivity contribution in [2.45, 2.75) is 82.8 Å². The van der Waals surface area contributed by atoms with Gasteiger partial charge in [-0.05, 0) is 63.3 Å². The van der Waals surface area contributed by atoms with Gasteiger partial charge in [0.15, 0.2) is 5.82 Å². The number of carbonyl (C=O) groups excluding carboxylic acids is 1. The SMILES string of the molecule is C=C1C[C@@H]2CN(C(=O)OCC)[C@H](CC)CN2c2nc(OC[C@@]34CCCN3C[C@H](F)C4)nc3c(F)c(-c4nc(N)cc(C)c4C(F)(F)F)c(F)c1c23. The molecule has 1 aromatic carbocycles. The summed E-state index contributed by atoms with van der Waals surface area (Å²) in [5.41, 5.74) is 0.814. The number of nitrogens with zero attached hydrogens (tertiary/aromatic N) is 6. The fraction of sp³-hybridized carbons (Fsp3) is 0.543. The number of benzene rings is 1. The van der Waals surface area contributed by atoms with Crippen LogP contribution in [-0.4, -0.2) is 94.0 Å². The molecule has 274 valence electrons. The zero-order valence-electron chi connectivity index (χ0n) is 28.5. The molecule has 2 N–H and O–H groups in total. The molecule has 4 aliphatic heterocycles. The van der Waals surface area contributed by atoms with Crippen molar-refractivity contribution in [1.29, 1.82) is 0 Å². The molecule has 7 rings (SSSR count). The summed E-state index contributed by atoms with van der Waals surface area (Å²) >= 11 is 0. The van der Waals surface area contributed by atoms with E-state index in [1.54, 1.807) is 11.8 Å². The summed E-state index contributed by atoms with van der Waals surface area (Å²) in [6.07, 6.45) is -4.33. The second kappa shape index (κ2) is 12.7. The van der Waals surface area contributed by atoms with Crippen molar-refractivity contribution in [1.82, 2.24) is 24.8 Å². The number of fused-ring (bicyclic) bond motifs is 3. The topological polar surface area (TPSA) is 110 Å². The number of anilines is 2. The first-order valence-corrected chi connectivity index (χ1v) is 17.1. The molecule has 4 atom stereocenters. The number of alkyl halides is 4. The van der Waals surface area contributed by atoms with Gasteiger partial charge in [0, 0.05) is 31.6 Å². The smallest absolute Gasteiger partial charge is 0.418 e. The molecule has 2 aromatic heterocycles. The molecule has 51 heavy (non-hydrogen) atoms. The maximum atomic E-state index is 17.0. The number of hydrogen-bond donors (Lipinski definition) is 1. The zero-order valence-corrected chi connectivity index (χ0v) is 28.5. The number of piperazine rings is 1. The highest BCUT2D eigenvalue weighted by Gasteiger charge is 2.50. The fourth-order valence-corrected chi connectivity index (χ4v) is 8.51. The van der Waals surface area contributed by atoms with Crippen molar-refractivity contribution in [2.24, 2.45) is 0 Å². The Morgan fingerprint density at radius 2 is 1.88 bits per heavy atom. The molecule has 1 amide bonds. The van der Waals surface area contributed by atoms with Gasteiger partial charge in [-0.2, -0.15) is 23.1 Å². The summed E-state index contributed by atoms with van der Waals surface area (Å²) < 4.78 is 104. The molecule has 0 radical (unpaired) electrons. The summed E-state index contributed by atoms with van der Waals surface area (Å²) in [6.45, 7) is 10.2. The number of hydrogen-bond acceptors (Lipinski definition) is 9. The van der Waals surface area contributed by atoms with Gasteiger partial charge in [0.2, 0.25) is 0 Å². The van der Waals surface area contributed by atoms with E-state index in [4.69, 9.17) is 20.2 Å². The molecule has 3 aromatic rings. The van der Waals surface area contributed by atoms with Gasteiger partial charge in [-0.25, -0.2) is 22.9 Å². The summed E-state index contributed by atoms with van der Waals surface area (Å²) in [6, 6.07) is -0.252. The predicted octanol–water partition coefficient (Wildman–Crippen LogP) is 6.68. The zero-order chi connectivity index (χ0) is 36.6. The third-order valence-corrected chi connectivity index (χ3v) is 10.8. The number of halogens is 6. The molecule has 3 saturated heterocycles. The van der Waals surface area contributed by atoms with Gasteiger partial charge in [0.25, 0.3) is 0 Å². The molecular weight excluding hydrogens is 680 g/mol. The normalized spacial score (nSPS) is 24.9. The van der Waals surface area contributed by atoms with Gasteiger partial charge in [-0.3, -0.25) is 4.90 Å². The van der Waals surface area contributed by atoms with Crippen molar-refractivity contribution in [3.63, 3.8) is 0 Å². The Bertz CT molecular complexity index is 1930. The van der Waals surface area contributed by atoms with Crippen LogP contribution in [0.5, 0.6) is 6.01 Å². The Kier molecular flexibility index (Phi) is 8.74. The van der Waals surface area contributed by atoms with E-state index in [1.165, 1.54) is 0 Å². The minimum absolute atomic E-state index is 0.0144. The number of nitrogen functional groups attached to an aromatic ring is 1. The lowest BCUT2D eigenvalue weighted by Gasteiger charge is -2.46. The van der Waals surface area contributed by atoms with Gasteiger partial charge in [-0.1, -0.05) is 13.5 Å². The van der Waals surface area contributed by atoms with Crippen LogP contribution in [0.4, 0.5) is 42.8 Å². The van der Waals surface area contributed by atoms with Gasteiger partial charge >= 0.3 is 18.3 Å². The van der Waals surface area contributed by atoms with Gasteiger partial charge in [0.05, 0.1) is 46.4 Å². The molecule has 0 bridgehead atoms. The van der Waals surface area contributed by atoms with Crippen LogP contribution in [0, 0.1) is 18.6 Å². The highest BCUT2D eigenvalue weighted by Crippen LogP contribution is 2.49. The van der Waals surface area contributed by atoms with Gasteiger partial charge in [-0.15, -0.1) is 0 Å². The average molecular weight is 720 g/mol. The fourth-order valence-electron chi connectivity index (χ4n) is 8.51. The molecule has 0 spiro atoms. The second-order valence-corrected chi connectivity index (χ2v) is 13.9. The number of rotatable bonds is 6. The van der Waals surface area contributed by atoms with E-state index in [2.05, 4.69) is 16.5 Å². The Labute approximate surface area is 290 Å². The number of amides is 1. The van der Waals surface area contributed by atoms with Crippen molar-refractivity contribution < 1.29 is 40.6 Å². The molecule has 4 aliphatic rings. The summed E-state index contributed by atoms with van der Waals surface area (Å²) in [7, 11) is 0. The number of aryl methyl sites for hydroxylation is 1. The maximum absolute atomic E-state index is 17.0. The lowest BCUT2D eigenvalue weighted by atomic mass is 9.91. The lowest BCUT2D eigenvalue weighted by Crippen LogP contribution is -2.60. The Morgan fingerprint density at radius 3 is 2.59 bits per heavy atom. The quantitative estimate of drug-likeness (QED) is 0.279. The first kappa shape index (κ1) is 35.1. The van der Waals surface area contributed by atoms with E-state index in [0.717, 1.165) is 19.4 Å². The van der Waals surface area contributed by atoms with Crippen LogP contribution in [0.2, 0.25) is 0 Å². The van der Waals surface area contributed by atoms with Crippen LogP contribution in [0.25, 0.3) is 27.7 Å². The minimum Gasteiger partial charge on any atom is -0.461 e. The van der Waals surface area contributed by atoms with Crippen LogP contribution in [0.15, 0.2) is 12.6 Å². The van der Waals surface area contributed by atoms with Crippen LogP contribution in [0.3, 0.4) is 0 Å². The second-order valence-electron chi connectivity index (χ2n) is 13.9.